The van der Waals surface area contributed by atoms with Crippen LogP contribution in [0.3, 0.4) is 0 Å². The molecular weight excluding hydrogens is 268 g/mol. The number of nitrogens with two attached hydrogens (primary N) is 1. The Balaban J connectivity index is 1.99. The molecule has 0 radical (unpaired) electrons. The van der Waals surface area contributed by atoms with Gasteiger partial charge in [-0.1, -0.05) is 37.4 Å². The standard InChI is InChI=1S/C17H27ClN2/c1-3-4-14-7-9-20(10-8-14)17-6-5-15(11-13(2)19)12-16(17)18/h5-6,12-14H,3-4,7-11,19H2,1-2H3. The Morgan fingerprint density at radius 3 is 2.60 bits per heavy atom. The van der Waals surface area contributed by atoms with E-state index in [1.54, 1.807) is 0 Å². The zero-order valence-corrected chi connectivity index (χ0v) is 13.5. The molecule has 1 atom stereocenters. The van der Waals surface area contributed by atoms with Crippen molar-refractivity contribution in [3.8, 4) is 0 Å². The van der Waals surface area contributed by atoms with Gasteiger partial charge in [-0.2, -0.15) is 0 Å². The predicted octanol–water partition coefficient (Wildman–Crippen LogP) is 4.25. The summed E-state index contributed by atoms with van der Waals surface area (Å²) in [6.07, 6.45) is 6.16. The van der Waals surface area contributed by atoms with Crippen LogP contribution < -0.4 is 10.6 Å². The molecule has 1 heterocycles. The molecule has 20 heavy (non-hydrogen) atoms. The molecule has 1 aromatic carbocycles. The maximum absolute atomic E-state index is 6.46. The summed E-state index contributed by atoms with van der Waals surface area (Å²) in [6.45, 7) is 6.58. The molecule has 1 fully saturated rings. The van der Waals surface area contributed by atoms with Gasteiger partial charge in [0.25, 0.3) is 0 Å². The summed E-state index contributed by atoms with van der Waals surface area (Å²) in [5, 5.41) is 0.872. The van der Waals surface area contributed by atoms with Crippen molar-refractivity contribution in [1.29, 1.82) is 0 Å². The first kappa shape index (κ1) is 15.7. The van der Waals surface area contributed by atoms with Crippen LogP contribution in [-0.4, -0.2) is 19.1 Å². The molecule has 0 saturated carbocycles. The number of nitrogens with zero attached hydrogens (tertiary/aromatic N) is 1. The van der Waals surface area contributed by atoms with Gasteiger partial charge in [0.15, 0.2) is 0 Å². The van der Waals surface area contributed by atoms with Crippen molar-refractivity contribution in [3.05, 3.63) is 28.8 Å². The van der Waals surface area contributed by atoms with Gasteiger partial charge in [0.05, 0.1) is 10.7 Å². The molecular formula is C17H27ClN2. The number of rotatable bonds is 5. The van der Waals surface area contributed by atoms with E-state index in [1.165, 1.54) is 36.9 Å². The van der Waals surface area contributed by atoms with E-state index in [0.29, 0.717) is 0 Å². The van der Waals surface area contributed by atoms with Crippen molar-refractivity contribution in [3.63, 3.8) is 0 Å². The van der Waals surface area contributed by atoms with Crippen LogP contribution in [0.4, 0.5) is 5.69 Å². The van der Waals surface area contributed by atoms with Gasteiger partial charge in [0.1, 0.15) is 0 Å². The fourth-order valence-electron chi connectivity index (χ4n) is 3.18. The second-order valence-corrected chi connectivity index (χ2v) is 6.59. The van der Waals surface area contributed by atoms with Crippen LogP contribution in [0.2, 0.25) is 5.02 Å². The quantitative estimate of drug-likeness (QED) is 0.880. The Morgan fingerprint density at radius 1 is 1.35 bits per heavy atom. The summed E-state index contributed by atoms with van der Waals surface area (Å²) < 4.78 is 0. The number of benzene rings is 1. The van der Waals surface area contributed by atoms with Crippen molar-refractivity contribution in [2.75, 3.05) is 18.0 Å². The van der Waals surface area contributed by atoms with Gasteiger partial charge in [0.2, 0.25) is 0 Å². The van der Waals surface area contributed by atoms with E-state index in [9.17, 15) is 0 Å². The Bertz CT molecular complexity index is 423. The van der Waals surface area contributed by atoms with E-state index >= 15 is 0 Å². The van der Waals surface area contributed by atoms with Gasteiger partial charge < -0.3 is 10.6 Å². The Kier molecular flexibility index (Phi) is 5.74. The smallest absolute Gasteiger partial charge is 0.0642 e. The average molecular weight is 295 g/mol. The maximum Gasteiger partial charge on any atom is 0.0642 e. The van der Waals surface area contributed by atoms with Gasteiger partial charge in [-0.15, -0.1) is 0 Å². The summed E-state index contributed by atoms with van der Waals surface area (Å²) >= 11 is 6.46. The minimum atomic E-state index is 0.182. The van der Waals surface area contributed by atoms with E-state index in [1.807, 2.05) is 6.92 Å². The molecule has 0 amide bonds. The molecule has 1 unspecified atom stereocenters. The van der Waals surface area contributed by atoms with Crippen LogP contribution >= 0.6 is 11.6 Å². The molecule has 3 heteroatoms. The van der Waals surface area contributed by atoms with Gasteiger partial charge in [-0.25, -0.2) is 0 Å². The van der Waals surface area contributed by atoms with Gasteiger partial charge in [-0.3, -0.25) is 0 Å². The first-order valence-electron chi connectivity index (χ1n) is 7.89. The lowest BCUT2D eigenvalue weighted by Gasteiger charge is -2.34. The summed E-state index contributed by atoms with van der Waals surface area (Å²) in [7, 11) is 0. The highest BCUT2D eigenvalue weighted by Crippen LogP contribution is 2.31. The van der Waals surface area contributed by atoms with Crippen molar-refractivity contribution < 1.29 is 0 Å². The van der Waals surface area contributed by atoms with Crippen LogP contribution in [0.15, 0.2) is 18.2 Å². The fraction of sp³-hybridized carbons (Fsp3) is 0.647. The van der Waals surface area contributed by atoms with Gasteiger partial charge >= 0.3 is 0 Å². The average Bonchev–Trinajstić information content (AvgIpc) is 2.40. The number of piperidine rings is 1. The normalized spacial score (nSPS) is 18.3. The van der Waals surface area contributed by atoms with Gasteiger partial charge in [-0.05, 0) is 49.8 Å². The van der Waals surface area contributed by atoms with Crippen molar-refractivity contribution in [2.24, 2.45) is 11.7 Å². The minimum Gasteiger partial charge on any atom is -0.370 e. The zero-order chi connectivity index (χ0) is 14.5. The van der Waals surface area contributed by atoms with Crippen molar-refractivity contribution in [1.82, 2.24) is 0 Å². The Morgan fingerprint density at radius 2 is 2.05 bits per heavy atom. The number of hydrogen-bond donors (Lipinski definition) is 1. The third-order valence-electron chi connectivity index (χ3n) is 4.22. The number of halogens is 1. The van der Waals surface area contributed by atoms with E-state index in [0.717, 1.165) is 30.5 Å². The predicted molar refractivity (Wildman–Crippen MR) is 88.7 cm³/mol. The summed E-state index contributed by atoms with van der Waals surface area (Å²) in [5.74, 6) is 0.910. The Hall–Kier alpha value is -0.730. The molecule has 1 saturated heterocycles. The van der Waals surface area contributed by atoms with E-state index in [2.05, 4.69) is 30.0 Å². The highest BCUT2D eigenvalue weighted by atomic mass is 35.5. The molecule has 2 rings (SSSR count). The van der Waals surface area contributed by atoms with Crippen LogP contribution in [-0.2, 0) is 6.42 Å². The highest BCUT2D eigenvalue weighted by Gasteiger charge is 2.20. The molecule has 112 valence electrons. The molecule has 1 aliphatic rings. The molecule has 1 aromatic rings. The summed E-state index contributed by atoms with van der Waals surface area (Å²) in [5.41, 5.74) is 8.27. The van der Waals surface area contributed by atoms with Gasteiger partial charge in [0, 0.05) is 19.1 Å². The molecule has 2 N–H and O–H groups in total. The first-order chi connectivity index (χ1) is 9.60. The molecule has 0 aromatic heterocycles. The van der Waals surface area contributed by atoms with Crippen LogP contribution in [0.1, 0.15) is 45.1 Å². The molecule has 2 nitrogen and oxygen atoms in total. The van der Waals surface area contributed by atoms with Crippen molar-refractivity contribution in [2.45, 2.75) is 52.0 Å². The topological polar surface area (TPSA) is 29.3 Å². The van der Waals surface area contributed by atoms with E-state index < -0.39 is 0 Å². The van der Waals surface area contributed by atoms with Crippen molar-refractivity contribution >= 4 is 17.3 Å². The molecule has 1 aliphatic heterocycles. The summed E-state index contributed by atoms with van der Waals surface area (Å²) in [4.78, 5) is 2.43. The molecule has 0 spiro atoms. The van der Waals surface area contributed by atoms with E-state index in [4.69, 9.17) is 17.3 Å². The largest absolute Gasteiger partial charge is 0.370 e. The van der Waals surface area contributed by atoms with E-state index in [-0.39, 0.29) is 6.04 Å². The molecule has 0 bridgehead atoms. The summed E-state index contributed by atoms with van der Waals surface area (Å²) in [6, 6.07) is 6.60. The Labute approximate surface area is 128 Å². The lowest BCUT2D eigenvalue weighted by atomic mass is 9.92. The highest BCUT2D eigenvalue weighted by molar-refractivity contribution is 6.33. The monoisotopic (exact) mass is 294 g/mol. The third-order valence-corrected chi connectivity index (χ3v) is 4.52. The number of anilines is 1. The first-order valence-corrected chi connectivity index (χ1v) is 8.27. The lowest BCUT2D eigenvalue weighted by molar-refractivity contribution is 0.378. The van der Waals surface area contributed by atoms with Crippen LogP contribution in [0.25, 0.3) is 0 Å². The second kappa shape index (κ2) is 7.33. The maximum atomic E-state index is 6.46. The fourth-order valence-corrected chi connectivity index (χ4v) is 3.50. The number of hydrogen-bond acceptors (Lipinski definition) is 2. The zero-order valence-electron chi connectivity index (χ0n) is 12.7. The van der Waals surface area contributed by atoms with Crippen LogP contribution in [0.5, 0.6) is 0 Å². The van der Waals surface area contributed by atoms with Crippen LogP contribution in [0, 0.1) is 5.92 Å². The third kappa shape index (κ3) is 4.13. The SMILES string of the molecule is CCCC1CCN(c2ccc(CC(C)N)cc2Cl)CC1. The lowest BCUT2D eigenvalue weighted by Crippen LogP contribution is -2.33. The second-order valence-electron chi connectivity index (χ2n) is 6.19. The minimum absolute atomic E-state index is 0.182. The molecule has 0 aliphatic carbocycles.